The van der Waals surface area contributed by atoms with Gasteiger partial charge in [-0.05, 0) is 149 Å². The van der Waals surface area contributed by atoms with Crippen LogP contribution in [0.2, 0.25) is 0 Å². The highest BCUT2D eigenvalue weighted by molar-refractivity contribution is 6.16. The molecule has 0 spiro atoms. The molecule has 16 nitrogen and oxygen atoms in total. The smallest absolute Gasteiger partial charge is 0.360 e. The van der Waals surface area contributed by atoms with Crippen molar-refractivity contribution in [3.05, 3.63) is 46.5 Å². The van der Waals surface area contributed by atoms with Gasteiger partial charge in [0.1, 0.15) is 11.5 Å². The Morgan fingerprint density at radius 2 is 1.04 bits per heavy atom. The van der Waals surface area contributed by atoms with Crippen molar-refractivity contribution in [2.45, 2.75) is 188 Å². The summed E-state index contributed by atoms with van der Waals surface area (Å²) in [5, 5.41) is 9.76. The molecular formula is C54H80N4O12. The summed E-state index contributed by atoms with van der Waals surface area (Å²) in [4.78, 5) is 86.3. The van der Waals surface area contributed by atoms with Gasteiger partial charge in [0.2, 0.25) is 0 Å². The van der Waals surface area contributed by atoms with E-state index < -0.39 is 35.0 Å². The Kier molecular flexibility index (Phi) is 19.7. The van der Waals surface area contributed by atoms with Crippen molar-refractivity contribution in [3.63, 3.8) is 0 Å². The number of hydrogen-bond acceptors (Lipinski definition) is 11. The lowest BCUT2D eigenvalue weighted by Gasteiger charge is -2.40. The van der Waals surface area contributed by atoms with E-state index in [-0.39, 0.29) is 42.6 Å². The van der Waals surface area contributed by atoms with Crippen LogP contribution in [0.25, 0.3) is 0 Å². The minimum atomic E-state index is -2.02. The number of methoxy groups -OCH3 is 2. The molecule has 0 aromatic heterocycles. The Hall–Kier alpha value is -5.22. The molecule has 2 atom stereocenters. The van der Waals surface area contributed by atoms with Gasteiger partial charge >= 0.3 is 11.9 Å². The zero-order chi connectivity index (χ0) is 51.5. The minimum absolute atomic E-state index is 0.0253. The number of anilines is 2. The highest BCUT2D eigenvalue weighted by atomic mass is 16.6. The second-order valence-corrected chi connectivity index (χ2v) is 20.1. The van der Waals surface area contributed by atoms with Crippen LogP contribution >= 0.6 is 0 Å². The second kappa shape index (κ2) is 24.8. The first-order valence-electron chi connectivity index (χ1n) is 25.6. The van der Waals surface area contributed by atoms with Gasteiger partial charge in [0.25, 0.3) is 34.8 Å². The number of rotatable bonds is 19. The van der Waals surface area contributed by atoms with Crippen LogP contribution < -0.4 is 19.3 Å². The summed E-state index contributed by atoms with van der Waals surface area (Å²) in [6, 6.07) is 7.47. The van der Waals surface area contributed by atoms with E-state index in [1.165, 1.54) is 31.6 Å². The molecule has 0 saturated heterocycles. The first-order chi connectivity index (χ1) is 33.3. The van der Waals surface area contributed by atoms with Crippen LogP contribution in [0.3, 0.4) is 0 Å². The van der Waals surface area contributed by atoms with Gasteiger partial charge < -0.3 is 48.4 Å². The summed E-state index contributed by atoms with van der Waals surface area (Å²) in [5.41, 5.74) is -0.303. The fourth-order valence-electron chi connectivity index (χ4n) is 10.3. The molecular weight excluding hydrogens is 897 g/mol. The molecule has 2 aliphatic carbocycles. The van der Waals surface area contributed by atoms with Crippen LogP contribution in [0, 0.1) is 13.8 Å². The average molecular weight is 977 g/mol. The van der Waals surface area contributed by atoms with Crippen molar-refractivity contribution in [2.24, 2.45) is 0 Å². The van der Waals surface area contributed by atoms with Crippen molar-refractivity contribution in [1.29, 1.82) is 0 Å². The fraction of sp³-hybridized carbons (Fsp3) is 0.667. The summed E-state index contributed by atoms with van der Waals surface area (Å²) >= 11 is 0. The number of amides is 4. The molecule has 0 radical (unpaired) electrons. The molecule has 16 heteroatoms. The van der Waals surface area contributed by atoms with E-state index in [4.69, 9.17) is 23.7 Å². The Balaban J connectivity index is 0.000000261. The predicted molar refractivity (Wildman–Crippen MR) is 268 cm³/mol. The van der Waals surface area contributed by atoms with E-state index in [2.05, 4.69) is 13.8 Å². The van der Waals surface area contributed by atoms with Crippen molar-refractivity contribution in [1.82, 2.24) is 9.80 Å². The summed E-state index contributed by atoms with van der Waals surface area (Å²) in [7, 11) is 3.25. The quantitative estimate of drug-likeness (QED) is 0.0804. The number of hydrogen-bond donors (Lipinski definition) is 1. The monoisotopic (exact) mass is 977 g/mol. The SMILES string of the molecule is CCOC(=O)C1(C)Oc2cc(C)c(C(=O)N(C(C)C)C3CCCCC3)cc2N(CCCCOC)C1=O.COCCCCN1C(=O)C(C)(C(=O)O)Oc2cc(C)c(C(=O)N(C(C)C)C3CCCCC3)cc21. The van der Waals surface area contributed by atoms with Gasteiger partial charge in [-0.15, -0.1) is 0 Å². The number of carboxylic acids is 1. The molecule has 1 N–H and O–H groups in total. The van der Waals surface area contributed by atoms with E-state index in [1.54, 1.807) is 50.3 Å². The van der Waals surface area contributed by atoms with Crippen molar-refractivity contribution in [3.8, 4) is 11.5 Å². The third-order valence-electron chi connectivity index (χ3n) is 14.1. The Labute approximate surface area is 415 Å². The number of aliphatic carboxylic acids is 1. The van der Waals surface area contributed by atoms with Crippen LogP contribution in [-0.4, -0.2) is 133 Å². The van der Waals surface area contributed by atoms with E-state index in [0.29, 0.717) is 78.7 Å². The number of fused-ring (bicyclic) bond motifs is 2. The molecule has 2 saturated carbocycles. The Morgan fingerprint density at radius 3 is 1.40 bits per heavy atom. The fourth-order valence-corrected chi connectivity index (χ4v) is 10.3. The number of carboxylic acid groups (broad SMARTS) is 1. The predicted octanol–water partition coefficient (Wildman–Crippen LogP) is 8.83. The molecule has 6 rings (SSSR count). The number of esters is 1. The first kappa shape index (κ1) is 55.7. The van der Waals surface area contributed by atoms with E-state index >= 15 is 0 Å². The van der Waals surface area contributed by atoms with Crippen LogP contribution in [0.15, 0.2) is 24.3 Å². The number of carbonyl (C=O) groups excluding carboxylic acids is 5. The Morgan fingerprint density at radius 1 is 0.657 bits per heavy atom. The molecule has 4 aliphatic rings. The number of aryl methyl sites for hydroxylation is 2. The van der Waals surface area contributed by atoms with E-state index in [0.717, 1.165) is 69.8 Å². The van der Waals surface area contributed by atoms with Gasteiger partial charge in [-0.25, -0.2) is 9.59 Å². The molecule has 2 aromatic carbocycles. The molecule has 4 amide bonds. The largest absolute Gasteiger partial charge is 0.478 e. The summed E-state index contributed by atoms with van der Waals surface area (Å²) in [6.45, 7) is 18.3. The van der Waals surface area contributed by atoms with Gasteiger partial charge in [-0.1, -0.05) is 38.5 Å². The van der Waals surface area contributed by atoms with Crippen LogP contribution in [0.5, 0.6) is 11.5 Å². The summed E-state index contributed by atoms with van der Waals surface area (Å²) in [5.74, 6) is -2.56. The van der Waals surface area contributed by atoms with Crippen LogP contribution in [0.4, 0.5) is 11.4 Å². The van der Waals surface area contributed by atoms with Gasteiger partial charge in [0.15, 0.2) is 0 Å². The highest BCUT2D eigenvalue weighted by Crippen LogP contribution is 2.43. The second-order valence-electron chi connectivity index (χ2n) is 20.1. The third kappa shape index (κ3) is 12.3. The number of unbranched alkanes of at least 4 members (excludes halogenated alkanes) is 2. The van der Waals surface area contributed by atoms with Crippen LogP contribution in [0.1, 0.15) is 170 Å². The molecule has 2 heterocycles. The van der Waals surface area contributed by atoms with Crippen molar-refractivity contribution in [2.75, 3.05) is 56.9 Å². The number of benzene rings is 2. The van der Waals surface area contributed by atoms with Gasteiger partial charge in [0.05, 0.1) is 18.0 Å². The molecule has 2 fully saturated rings. The van der Waals surface area contributed by atoms with Crippen LogP contribution in [-0.2, 0) is 33.4 Å². The molecule has 0 bridgehead atoms. The lowest BCUT2D eigenvalue weighted by molar-refractivity contribution is -0.166. The maximum absolute atomic E-state index is 13.9. The molecule has 2 unspecified atom stereocenters. The number of ether oxygens (including phenoxy) is 5. The topological polar surface area (TPSA) is 182 Å². The minimum Gasteiger partial charge on any atom is -0.478 e. The molecule has 388 valence electrons. The normalized spacial score (nSPS) is 20.5. The average Bonchev–Trinajstić information content (AvgIpc) is 3.32. The van der Waals surface area contributed by atoms with Crippen molar-refractivity contribution < 1.29 is 57.6 Å². The lowest BCUT2D eigenvalue weighted by Crippen LogP contribution is -2.59. The maximum Gasteiger partial charge on any atom is 0.360 e. The molecule has 2 aromatic rings. The van der Waals surface area contributed by atoms with E-state index in [1.807, 2.05) is 37.5 Å². The summed E-state index contributed by atoms with van der Waals surface area (Å²) in [6.07, 6.45) is 13.7. The molecule has 70 heavy (non-hydrogen) atoms. The standard InChI is InChI=1S/C28H42N2O6.C26H38N2O6/c1-7-35-27(33)28(5)26(32)29(15-11-12-16-34-6)23-18-22(20(4)17-24(23)36-28)25(31)30(19(2)3)21-13-9-8-10-14-21;1-17(2)28(19-11-7-6-8-12-19)23(29)20-16-21-22(15-18(20)3)34-26(4,25(31)32)24(30)27(21)13-9-10-14-33-5/h17-19,21H,7-16H2,1-6H3;15-17,19H,6-14H2,1-5H3,(H,31,32). The lowest BCUT2D eigenvalue weighted by atomic mass is 9.92. The highest BCUT2D eigenvalue weighted by Gasteiger charge is 2.53. The third-order valence-corrected chi connectivity index (χ3v) is 14.1. The summed E-state index contributed by atoms with van der Waals surface area (Å²) < 4.78 is 27.2. The van der Waals surface area contributed by atoms with Gasteiger partial charge in [0, 0.05) is 75.8 Å². The molecule has 2 aliphatic heterocycles. The number of nitrogens with zero attached hydrogens (tertiary/aromatic N) is 4. The zero-order valence-corrected chi connectivity index (χ0v) is 43.8. The van der Waals surface area contributed by atoms with E-state index in [9.17, 15) is 33.9 Å². The van der Waals surface area contributed by atoms with Gasteiger partial charge in [-0.3, -0.25) is 19.2 Å². The number of carbonyl (C=O) groups is 6. The van der Waals surface area contributed by atoms with Gasteiger partial charge in [-0.2, -0.15) is 0 Å². The zero-order valence-electron chi connectivity index (χ0n) is 43.8. The first-order valence-corrected chi connectivity index (χ1v) is 25.6. The maximum atomic E-state index is 13.9. The van der Waals surface area contributed by atoms with Crippen molar-refractivity contribution >= 4 is 46.9 Å². The Bertz CT molecular complexity index is 2180.